The van der Waals surface area contributed by atoms with Crippen molar-refractivity contribution in [2.24, 2.45) is 5.41 Å². The second-order valence-corrected chi connectivity index (χ2v) is 10.3. The average Bonchev–Trinajstić information content (AvgIpc) is 2.46. The Morgan fingerprint density at radius 2 is 1.56 bits per heavy atom. The first kappa shape index (κ1) is 24.3. The first-order valence-corrected chi connectivity index (χ1v) is 11.3. The molecule has 0 bridgehead atoms. The normalized spacial score (nSPS) is 12.6. The number of benzene rings is 1. The maximum absolute atomic E-state index is 12.0. The van der Waals surface area contributed by atoms with Crippen molar-refractivity contribution in [3.63, 3.8) is 0 Å². The van der Waals surface area contributed by atoms with Gasteiger partial charge in [-0.05, 0) is 30.7 Å². The molecule has 0 amide bonds. The molecule has 0 spiro atoms. The summed E-state index contributed by atoms with van der Waals surface area (Å²) in [5.74, 6) is 0. The second-order valence-electron chi connectivity index (χ2n) is 5.81. The third kappa shape index (κ3) is 8.48. The van der Waals surface area contributed by atoms with Crippen LogP contribution in [0, 0.1) is 5.41 Å². The largest absolute Gasteiger partial charge is 0.741 e. The Morgan fingerprint density at radius 3 is 1.84 bits per heavy atom. The highest BCUT2D eigenvalue weighted by Gasteiger charge is 2.36. The highest BCUT2D eigenvalue weighted by Crippen LogP contribution is 2.32. The van der Waals surface area contributed by atoms with Crippen molar-refractivity contribution in [1.82, 2.24) is 0 Å². The zero-order chi connectivity index (χ0) is 20.1. The van der Waals surface area contributed by atoms with Crippen molar-refractivity contribution in [2.45, 2.75) is 42.5 Å². The molecule has 0 N–H and O–H groups in total. The number of carbonyl (C=O) groups excluding carboxylic acids is 1. The van der Waals surface area contributed by atoms with E-state index in [-0.39, 0.29) is 21.4 Å². The van der Waals surface area contributed by atoms with E-state index in [1.54, 1.807) is 0 Å². The Morgan fingerprint density at radius 1 is 1.16 bits per heavy atom. The fraction of sp³-hybridized carbons (Fsp3) is 0.533. The van der Waals surface area contributed by atoms with Crippen LogP contribution < -0.4 is 0 Å². The Hall–Kier alpha value is -0.710. The van der Waals surface area contributed by atoms with Crippen LogP contribution in [0.5, 0.6) is 0 Å². The minimum atomic E-state index is -6.09. The van der Waals surface area contributed by atoms with Crippen LogP contribution in [-0.2, 0) is 25.8 Å². The zero-order valence-electron chi connectivity index (χ0n) is 14.5. The van der Waals surface area contributed by atoms with E-state index in [2.05, 4.69) is 43.7 Å². The summed E-state index contributed by atoms with van der Waals surface area (Å²) in [5.41, 5.74) is -5.88. The van der Waals surface area contributed by atoms with E-state index in [1.165, 1.54) is 16.7 Å². The molecule has 0 saturated carbocycles. The van der Waals surface area contributed by atoms with Crippen LogP contribution in [0.25, 0.3) is 0 Å². The van der Waals surface area contributed by atoms with Gasteiger partial charge in [0.2, 0.25) is 0 Å². The van der Waals surface area contributed by atoms with Crippen LogP contribution in [-0.4, -0.2) is 36.1 Å². The van der Waals surface area contributed by atoms with E-state index in [0.29, 0.717) is 0 Å². The molecule has 0 heterocycles. The summed E-state index contributed by atoms with van der Waals surface area (Å²) in [7, 11) is -5.80. The summed E-state index contributed by atoms with van der Waals surface area (Å²) >= 11 is 1.36. The molecular weight excluding hydrogens is 397 g/mol. The first-order chi connectivity index (χ1) is 11.1. The van der Waals surface area contributed by atoms with Crippen LogP contribution in [0.15, 0.2) is 34.1 Å². The van der Waals surface area contributed by atoms with Gasteiger partial charge in [0.1, 0.15) is 12.5 Å². The first-order valence-electron chi connectivity index (χ1n) is 7.04. The quantitative estimate of drug-likeness (QED) is 0.319. The number of alkyl halides is 3. The summed E-state index contributed by atoms with van der Waals surface area (Å²) in [5, 5.41) is 0.250. The minimum absolute atomic E-state index is 0.233. The lowest BCUT2D eigenvalue weighted by molar-refractivity contribution is -0.118. The second kappa shape index (κ2) is 9.29. The molecule has 1 rings (SSSR count). The lowest BCUT2D eigenvalue weighted by Gasteiger charge is -2.19. The summed E-state index contributed by atoms with van der Waals surface area (Å²) in [6.45, 7) is 6.07. The molecule has 4 nitrogen and oxygen atoms in total. The maximum atomic E-state index is 12.0. The zero-order valence-corrected chi connectivity index (χ0v) is 17.0. The van der Waals surface area contributed by atoms with Gasteiger partial charge in [-0.2, -0.15) is 13.2 Å². The van der Waals surface area contributed by atoms with Crippen molar-refractivity contribution >= 4 is 37.9 Å². The van der Waals surface area contributed by atoms with E-state index in [4.69, 9.17) is 13.0 Å². The SMILES string of the molecule is CCC(C)(C)C(=O)Sc1ccc([S+](C)C)cc1.O=S(=O)([O-])C(F)(F)F. The van der Waals surface area contributed by atoms with Crippen molar-refractivity contribution < 1.29 is 30.9 Å². The Balaban J connectivity index is 0.000000609. The summed E-state index contributed by atoms with van der Waals surface area (Å²) in [6, 6.07) is 8.35. The molecule has 0 aliphatic rings. The monoisotopic (exact) mass is 418 g/mol. The van der Waals surface area contributed by atoms with Gasteiger partial charge in [0.15, 0.2) is 20.1 Å². The predicted molar refractivity (Wildman–Crippen MR) is 94.6 cm³/mol. The molecule has 10 heteroatoms. The minimum Gasteiger partial charge on any atom is -0.741 e. The summed E-state index contributed by atoms with van der Waals surface area (Å²) in [6.07, 6.45) is 5.28. The smallest absolute Gasteiger partial charge is 0.485 e. The predicted octanol–water partition coefficient (Wildman–Crippen LogP) is 4.03. The number of hydrogen-bond acceptors (Lipinski definition) is 5. The topological polar surface area (TPSA) is 74.3 Å². The molecule has 25 heavy (non-hydrogen) atoms. The molecule has 1 aromatic carbocycles. The van der Waals surface area contributed by atoms with E-state index in [0.717, 1.165) is 11.3 Å². The molecule has 0 aliphatic heterocycles. The number of carbonyl (C=O) groups is 1. The average molecular weight is 419 g/mol. The third-order valence-corrected chi connectivity index (χ3v) is 6.25. The van der Waals surface area contributed by atoms with Gasteiger partial charge in [0, 0.05) is 21.2 Å². The van der Waals surface area contributed by atoms with Crippen molar-refractivity contribution in [3.8, 4) is 0 Å². The Kier molecular flexibility index (Phi) is 9.03. The van der Waals surface area contributed by atoms with Crippen molar-refractivity contribution in [3.05, 3.63) is 24.3 Å². The number of rotatable bonds is 4. The summed E-state index contributed by atoms with van der Waals surface area (Å²) in [4.78, 5) is 14.4. The lowest BCUT2D eigenvalue weighted by atomic mass is 9.92. The van der Waals surface area contributed by atoms with Gasteiger partial charge >= 0.3 is 5.51 Å². The Labute approximate surface area is 153 Å². The molecule has 0 atom stereocenters. The van der Waals surface area contributed by atoms with Gasteiger partial charge in [0.05, 0.1) is 0 Å². The molecule has 1 aromatic rings. The van der Waals surface area contributed by atoms with E-state index in [9.17, 15) is 18.0 Å². The highest BCUT2D eigenvalue weighted by molar-refractivity contribution is 8.13. The molecule has 0 radical (unpaired) electrons. The van der Waals surface area contributed by atoms with E-state index in [1.807, 2.05) is 13.8 Å². The maximum Gasteiger partial charge on any atom is 0.485 e. The van der Waals surface area contributed by atoms with Crippen molar-refractivity contribution in [2.75, 3.05) is 12.5 Å². The van der Waals surface area contributed by atoms with Gasteiger partial charge in [-0.1, -0.05) is 32.5 Å². The van der Waals surface area contributed by atoms with Gasteiger partial charge in [0.25, 0.3) is 0 Å². The van der Waals surface area contributed by atoms with Crippen LogP contribution in [0.4, 0.5) is 13.2 Å². The lowest BCUT2D eigenvalue weighted by Crippen LogP contribution is -2.21. The number of hydrogen-bond donors (Lipinski definition) is 0. The molecule has 0 aliphatic carbocycles. The Bertz CT molecular complexity index is 666. The third-order valence-electron chi connectivity index (χ3n) is 3.23. The fourth-order valence-corrected chi connectivity index (χ4v) is 2.76. The van der Waals surface area contributed by atoms with E-state index < -0.39 is 15.6 Å². The van der Waals surface area contributed by atoms with Crippen LogP contribution in [0.3, 0.4) is 0 Å². The van der Waals surface area contributed by atoms with Gasteiger partial charge < -0.3 is 4.55 Å². The standard InChI is InChI=1S/C14H21OS2.CHF3O3S/c1-6-14(2,3)13(15)16-11-7-9-12(10-8-11)17(4)5;2-1(3,4)8(5,6)7/h7-10H,6H2,1-5H3;(H,5,6,7)/q+1;/p-1. The van der Waals surface area contributed by atoms with Crippen LogP contribution >= 0.6 is 11.8 Å². The fourth-order valence-electron chi connectivity index (χ4n) is 1.17. The number of halogens is 3. The number of thioether (sulfide) groups is 1. The molecule has 0 unspecified atom stereocenters. The molecule has 0 aromatic heterocycles. The van der Waals surface area contributed by atoms with Crippen molar-refractivity contribution in [1.29, 1.82) is 0 Å². The van der Waals surface area contributed by atoms with Crippen LogP contribution in [0.1, 0.15) is 27.2 Å². The van der Waals surface area contributed by atoms with Gasteiger partial charge in [-0.3, -0.25) is 4.79 Å². The summed E-state index contributed by atoms with van der Waals surface area (Å²) < 4.78 is 58.9. The highest BCUT2D eigenvalue weighted by atomic mass is 32.2. The van der Waals surface area contributed by atoms with Gasteiger partial charge in [-0.15, -0.1) is 0 Å². The van der Waals surface area contributed by atoms with Crippen LogP contribution in [0.2, 0.25) is 0 Å². The van der Waals surface area contributed by atoms with E-state index >= 15 is 0 Å². The van der Waals surface area contributed by atoms with Gasteiger partial charge in [-0.25, -0.2) is 8.42 Å². The molecule has 0 saturated heterocycles. The molecular formula is C15H21F3O4S3. The molecule has 0 fully saturated rings. The molecule has 144 valence electrons.